The van der Waals surface area contributed by atoms with Crippen molar-refractivity contribution >= 4 is 15.7 Å². The van der Waals surface area contributed by atoms with Crippen molar-refractivity contribution < 1.29 is 8.42 Å². The number of nitrogens with one attached hydrogen (secondary N) is 1. The Bertz CT molecular complexity index is 604. The van der Waals surface area contributed by atoms with Gasteiger partial charge >= 0.3 is 0 Å². The lowest BCUT2D eigenvalue weighted by Crippen LogP contribution is -2.25. The number of rotatable bonds is 4. The van der Waals surface area contributed by atoms with Crippen molar-refractivity contribution in [3.8, 4) is 0 Å². The minimum absolute atomic E-state index is 0.172. The van der Waals surface area contributed by atoms with E-state index in [4.69, 9.17) is 5.14 Å². The Hall–Kier alpha value is -1.07. The van der Waals surface area contributed by atoms with Crippen LogP contribution in [0.4, 0.5) is 5.69 Å². The molecule has 5 heteroatoms. The highest BCUT2D eigenvalue weighted by Gasteiger charge is 2.42. The van der Waals surface area contributed by atoms with Crippen LogP contribution >= 0.6 is 0 Å². The highest BCUT2D eigenvalue weighted by molar-refractivity contribution is 7.89. The van der Waals surface area contributed by atoms with Crippen molar-refractivity contribution in [1.82, 2.24) is 0 Å². The Labute approximate surface area is 115 Å². The smallest absolute Gasteiger partial charge is 0.238 e. The summed E-state index contributed by atoms with van der Waals surface area (Å²) < 4.78 is 23.0. The molecule has 0 spiro atoms. The Balaban J connectivity index is 2.36. The van der Waals surface area contributed by atoms with Crippen molar-refractivity contribution in [2.45, 2.75) is 51.5 Å². The Morgan fingerprint density at radius 3 is 2.37 bits per heavy atom. The first kappa shape index (κ1) is 14.3. The number of hydrogen-bond donors (Lipinski definition) is 2. The van der Waals surface area contributed by atoms with E-state index in [1.807, 2.05) is 13.8 Å². The monoisotopic (exact) mass is 282 g/mol. The van der Waals surface area contributed by atoms with Crippen LogP contribution < -0.4 is 10.5 Å². The maximum absolute atomic E-state index is 11.5. The van der Waals surface area contributed by atoms with E-state index < -0.39 is 10.0 Å². The first-order chi connectivity index (χ1) is 8.63. The van der Waals surface area contributed by atoms with Gasteiger partial charge in [0, 0.05) is 11.7 Å². The molecule has 1 fully saturated rings. The van der Waals surface area contributed by atoms with E-state index in [0.29, 0.717) is 11.5 Å². The Morgan fingerprint density at radius 1 is 1.32 bits per heavy atom. The highest BCUT2D eigenvalue weighted by Crippen LogP contribution is 2.49. The molecule has 4 nitrogen and oxygen atoms in total. The molecular weight excluding hydrogens is 260 g/mol. The van der Waals surface area contributed by atoms with Crippen molar-refractivity contribution in [2.24, 2.45) is 10.6 Å². The lowest BCUT2D eigenvalue weighted by Gasteiger charge is -2.24. The van der Waals surface area contributed by atoms with Crippen molar-refractivity contribution in [1.29, 1.82) is 0 Å². The van der Waals surface area contributed by atoms with Gasteiger partial charge in [-0.05, 0) is 62.3 Å². The number of benzene rings is 1. The third-order valence-electron chi connectivity index (χ3n) is 4.43. The zero-order valence-corrected chi connectivity index (χ0v) is 12.8. The van der Waals surface area contributed by atoms with Gasteiger partial charge in [-0.2, -0.15) is 0 Å². The summed E-state index contributed by atoms with van der Waals surface area (Å²) in [4.78, 5) is 0.172. The van der Waals surface area contributed by atoms with Gasteiger partial charge in [0.1, 0.15) is 0 Å². The summed E-state index contributed by atoms with van der Waals surface area (Å²) in [6.07, 6.45) is 2.43. The summed E-state index contributed by atoms with van der Waals surface area (Å²) >= 11 is 0. The van der Waals surface area contributed by atoms with Crippen LogP contribution in [-0.2, 0) is 10.0 Å². The summed E-state index contributed by atoms with van der Waals surface area (Å²) in [5.41, 5.74) is 3.20. The van der Waals surface area contributed by atoms with E-state index in [9.17, 15) is 8.42 Å². The summed E-state index contributed by atoms with van der Waals surface area (Å²) in [5.74, 6) is 0. The molecule has 3 N–H and O–H groups in total. The molecule has 1 saturated carbocycles. The molecule has 0 amide bonds. The highest BCUT2D eigenvalue weighted by atomic mass is 32.2. The van der Waals surface area contributed by atoms with Crippen LogP contribution in [0.25, 0.3) is 0 Å². The van der Waals surface area contributed by atoms with Gasteiger partial charge in [-0.1, -0.05) is 6.92 Å². The lowest BCUT2D eigenvalue weighted by atomic mass is 9.99. The summed E-state index contributed by atoms with van der Waals surface area (Å²) in [7, 11) is -3.66. The average molecular weight is 282 g/mol. The molecule has 2 rings (SSSR count). The second-order valence-corrected chi connectivity index (χ2v) is 7.54. The third kappa shape index (κ3) is 2.92. The second kappa shape index (κ2) is 4.49. The standard InChI is InChI=1S/C14H22N2O2S/c1-9-7-12(19(15,17)18)8-13(10(9)2)16-11(3)14(4)5-6-14/h7-8,11,16H,5-6H2,1-4H3,(H2,15,17,18). The molecule has 1 unspecified atom stereocenters. The van der Waals surface area contributed by atoms with Crippen LogP contribution in [-0.4, -0.2) is 14.5 Å². The van der Waals surface area contributed by atoms with Gasteiger partial charge in [-0.25, -0.2) is 13.6 Å². The molecule has 0 saturated heterocycles. The number of nitrogens with two attached hydrogens (primary N) is 1. The molecular formula is C14H22N2O2S. The van der Waals surface area contributed by atoms with Crippen LogP contribution in [0.2, 0.25) is 0 Å². The zero-order chi connectivity index (χ0) is 14.4. The number of aryl methyl sites for hydroxylation is 1. The third-order valence-corrected chi connectivity index (χ3v) is 5.32. The van der Waals surface area contributed by atoms with E-state index >= 15 is 0 Å². The van der Waals surface area contributed by atoms with Crippen LogP contribution in [0, 0.1) is 19.3 Å². The molecule has 1 aromatic rings. The summed E-state index contributed by atoms with van der Waals surface area (Å²) in [5, 5.41) is 8.66. The predicted octanol–water partition coefficient (Wildman–Crippen LogP) is 2.55. The number of anilines is 1. The maximum Gasteiger partial charge on any atom is 0.238 e. The zero-order valence-electron chi connectivity index (χ0n) is 11.9. The van der Waals surface area contributed by atoms with Crippen LogP contribution in [0.15, 0.2) is 17.0 Å². The minimum atomic E-state index is -3.66. The lowest BCUT2D eigenvalue weighted by molar-refractivity contribution is 0.493. The van der Waals surface area contributed by atoms with Gasteiger partial charge in [0.15, 0.2) is 0 Å². The Kier molecular flexibility index (Phi) is 3.39. The molecule has 0 aliphatic heterocycles. The van der Waals surface area contributed by atoms with E-state index in [1.54, 1.807) is 12.1 Å². The van der Waals surface area contributed by atoms with Crippen molar-refractivity contribution in [3.05, 3.63) is 23.3 Å². The molecule has 1 aromatic carbocycles. The van der Waals surface area contributed by atoms with Gasteiger partial charge in [-0.15, -0.1) is 0 Å². The molecule has 1 aliphatic carbocycles. The van der Waals surface area contributed by atoms with Gasteiger partial charge in [0.05, 0.1) is 4.90 Å². The molecule has 1 aliphatic rings. The normalized spacial score (nSPS) is 19.0. The molecule has 106 valence electrons. The van der Waals surface area contributed by atoms with Gasteiger partial charge in [0.25, 0.3) is 0 Å². The molecule has 19 heavy (non-hydrogen) atoms. The SMILES string of the molecule is Cc1cc(S(N)(=O)=O)cc(NC(C)C2(C)CC2)c1C. The van der Waals surface area contributed by atoms with Crippen LogP contribution in [0.1, 0.15) is 37.8 Å². The van der Waals surface area contributed by atoms with Gasteiger partial charge in [-0.3, -0.25) is 0 Å². The van der Waals surface area contributed by atoms with Crippen LogP contribution in [0.3, 0.4) is 0 Å². The van der Waals surface area contributed by atoms with E-state index in [1.165, 1.54) is 12.8 Å². The van der Waals surface area contributed by atoms with Crippen molar-refractivity contribution in [3.63, 3.8) is 0 Å². The number of hydrogen-bond acceptors (Lipinski definition) is 3. The average Bonchev–Trinajstić information content (AvgIpc) is 3.02. The van der Waals surface area contributed by atoms with E-state index in [-0.39, 0.29) is 4.90 Å². The Morgan fingerprint density at radius 2 is 1.89 bits per heavy atom. The fraction of sp³-hybridized carbons (Fsp3) is 0.571. The second-order valence-electron chi connectivity index (χ2n) is 5.98. The first-order valence-corrected chi connectivity index (χ1v) is 8.09. The minimum Gasteiger partial charge on any atom is -0.382 e. The number of primary sulfonamides is 1. The molecule has 0 radical (unpaired) electrons. The first-order valence-electron chi connectivity index (χ1n) is 6.54. The topological polar surface area (TPSA) is 72.2 Å². The molecule has 0 heterocycles. The van der Waals surface area contributed by atoms with E-state index in [2.05, 4.69) is 19.2 Å². The van der Waals surface area contributed by atoms with Crippen LogP contribution in [0.5, 0.6) is 0 Å². The fourth-order valence-corrected chi connectivity index (χ4v) is 2.80. The molecule has 0 bridgehead atoms. The largest absolute Gasteiger partial charge is 0.382 e. The maximum atomic E-state index is 11.5. The van der Waals surface area contributed by atoms with Gasteiger partial charge in [0.2, 0.25) is 10.0 Å². The summed E-state index contributed by atoms with van der Waals surface area (Å²) in [6.45, 7) is 8.28. The van der Waals surface area contributed by atoms with Gasteiger partial charge < -0.3 is 5.32 Å². The predicted molar refractivity (Wildman–Crippen MR) is 77.7 cm³/mol. The fourth-order valence-electron chi connectivity index (χ4n) is 2.18. The summed E-state index contributed by atoms with van der Waals surface area (Å²) in [6, 6.07) is 3.58. The number of sulfonamides is 1. The van der Waals surface area contributed by atoms with Crippen molar-refractivity contribution in [2.75, 3.05) is 5.32 Å². The molecule has 0 aromatic heterocycles. The quantitative estimate of drug-likeness (QED) is 0.891. The molecule has 1 atom stereocenters. The van der Waals surface area contributed by atoms with E-state index in [0.717, 1.165) is 16.8 Å².